The Kier molecular flexibility index (Phi) is 8.65. The first-order valence-electron chi connectivity index (χ1n) is 12.6. The number of ether oxygens (including phenoxy) is 3. The summed E-state index contributed by atoms with van der Waals surface area (Å²) in [7, 11) is 1.49. The minimum atomic E-state index is -0.999. The molecule has 1 aliphatic heterocycles. The van der Waals surface area contributed by atoms with E-state index < -0.39 is 23.7 Å². The SMILES string of the molecule is CCCCOc1ccc(C2/C(=C(\O)c3cccc(OC)c3)C(=O)C(=O)N2c2nc(C)c(C(=O)OCC)s2)cc1. The van der Waals surface area contributed by atoms with E-state index in [0.29, 0.717) is 34.9 Å². The summed E-state index contributed by atoms with van der Waals surface area (Å²) in [5, 5.41) is 11.5. The number of aromatic nitrogens is 1. The summed E-state index contributed by atoms with van der Waals surface area (Å²) in [6.45, 7) is 6.16. The minimum Gasteiger partial charge on any atom is -0.507 e. The predicted octanol–water partition coefficient (Wildman–Crippen LogP) is 5.44. The van der Waals surface area contributed by atoms with Crippen LogP contribution >= 0.6 is 11.3 Å². The van der Waals surface area contributed by atoms with Crippen LogP contribution in [-0.4, -0.2) is 48.1 Å². The molecule has 9 nitrogen and oxygen atoms in total. The van der Waals surface area contributed by atoms with Gasteiger partial charge in [-0.3, -0.25) is 14.5 Å². The van der Waals surface area contributed by atoms with Crippen molar-refractivity contribution in [1.82, 2.24) is 4.98 Å². The number of Topliss-reactive ketones (excluding diaryl/α,β-unsaturated/α-hetero) is 1. The largest absolute Gasteiger partial charge is 0.507 e. The second kappa shape index (κ2) is 12.1. The standard InChI is InChI=1S/C29H30N2O7S/c1-5-7-15-38-20-13-11-18(12-14-20)23-22(24(32)19-9-8-10-21(16-19)36-4)25(33)27(34)31(23)29-30-17(3)26(39-29)28(35)37-6-2/h8-14,16,23,32H,5-7,15H2,1-4H3/b24-22+. The molecule has 2 aromatic carbocycles. The van der Waals surface area contributed by atoms with Gasteiger partial charge in [0.1, 0.15) is 22.1 Å². The van der Waals surface area contributed by atoms with Gasteiger partial charge in [-0.25, -0.2) is 9.78 Å². The lowest BCUT2D eigenvalue weighted by Crippen LogP contribution is -2.29. The molecule has 1 unspecified atom stereocenters. The van der Waals surface area contributed by atoms with Gasteiger partial charge in [-0.05, 0) is 50.1 Å². The van der Waals surface area contributed by atoms with Crippen LogP contribution < -0.4 is 14.4 Å². The Morgan fingerprint density at radius 1 is 1.10 bits per heavy atom. The van der Waals surface area contributed by atoms with Gasteiger partial charge >= 0.3 is 11.9 Å². The van der Waals surface area contributed by atoms with E-state index in [2.05, 4.69) is 11.9 Å². The van der Waals surface area contributed by atoms with Gasteiger partial charge in [-0.2, -0.15) is 0 Å². The van der Waals surface area contributed by atoms with Gasteiger partial charge in [-0.1, -0.05) is 48.9 Å². The zero-order valence-electron chi connectivity index (χ0n) is 22.2. The number of hydrogen-bond donors (Lipinski definition) is 1. The molecule has 0 aliphatic carbocycles. The number of aryl methyl sites for hydroxylation is 1. The zero-order chi connectivity index (χ0) is 28.1. The van der Waals surface area contributed by atoms with Crippen LogP contribution in [0.4, 0.5) is 5.13 Å². The fourth-order valence-electron chi connectivity index (χ4n) is 4.22. The maximum atomic E-state index is 13.4. The van der Waals surface area contributed by atoms with Gasteiger partial charge < -0.3 is 19.3 Å². The fourth-order valence-corrected chi connectivity index (χ4v) is 5.21. The summed E-state index contributed by atoms with van der Waals surface area (Å²) in [5.74, 6) is -1.51. The van der Waals surface area contributed by atoms with E-state index in [1.165, 1.54) is 12.0 Å². The normalized spacial score (nSPS) is 16.4. The van der Waals surface area contributed by atoms with E-state index in [1.807, 2.05) is 0 Å². The number of ketones is 1. The smallest absolute Gasteiger partial charge is 0.350 e. The number of rotatable bonds is 10. The van der Waals surface area contributed by atoms with E-state index >= 15 is 0 Å². The van der Waals surface area contributed by atoms with Crippen molar-refractivity contribution in [2.75, 3.05) is 25.2 Å². The van der Waals surface area contributed by atoms with Gasteiger partial charge in [-0.15, -0.1) is 0 Å². The van der Waals surface area contributed by atoms with Gasteiger partial charge in [0, 0.05) is 5.56 Å². The molecule has 0 radical (unpaired) electrons. The summed E-state index contributed by atoms with van der Waals surface area (Å²) in [4.78, 5) is 45.2. The van der Waals surface area contributed by atoms with Crippen LogP contribution in [-0.2, 0) is 14.3 Å². The Bertz CT molecular complexity index is 1410. The van der Waals surface area contributed by atoms with E-state index in [9.17, 15) is 19.5 Å². The average Bonchev–Trinajstić information content (AvgIpc) is 3.45. The summed E-state index contributed by atoms with van der Waals surface area (Å²) < 4.78 is 16.2. The van der Waals surface area contributed by atoms with Crippen molar-refractivity contribution in [3.63, 3.8) is 0 Å². The lowest BCUT2D eigenvalue weighted by Gasteiger charge is -2.23. The Hall–Kier alpha value is -4.18. The molecule has 10 heteroatoms. The third kappa shape index (κ3) is 5.65. The lowest BCUT2D eigenvalue weighted by molar-refractivity contribution is -0.132. The van der Waals surface area contributed by atoms with Crippen LogP contribution in [0, 0.1) is 6.92 Å². The predicted molar refractivity (Wildman–Crippen MR) is 147 cm³/mol. The molecule has 1 aromatic heterocycles. The Morgan fingerprint density at radius 2 is 1.85 bits per heavy atom. The number of carbonyl (C=O) groups is 3. The maximum absolute atomic E-state index is 13.4. The molecule has 1 aliphatic rings. The summed E-state index contributed by atoms with van der Waals surface area (Å²) >= 11 is 0.960. The summed E-state index contributed by atoms with van der Waals surface area (Å²) in [6.07, 6.45) is 1.91. The second-order valence-corrected chi connectivity index (χ2v) is 9.78. The van der Waals surface area contributed by atoms with Crippen molar-refractivity contribution in [2.24, 2.45) is 0 Å². The molecule has 3 aromatic rings. The molecular formula is C29H30N2O7S. The molecule has 1 fully saturated rings. The highest BCUT2D eigenvalue weighted by Gasteiger charge is 2.48. The fraction of sp³-hybridized carbons (Fsp3) is 0.310. The number of aliphatic hydroxyl groups excluding tert-OH is 1. The number of nitrogens with zero attached hydrogens (tertiary/aromatic N) is 2. The zero-order valence-corrected chi connectivity index (χ0v) is 23.0. The number of hydrogen-bond acceptors (Lipinski definition) is 9. The first kappa shape index (κ1) is 27.8. The molecule has 1 amide bonds. The van der Waals surface area contributed by atoms with Gasteiger partial charge in [0.25, 0.3) is 5.78 Å². The number of benzene rings is 2. The summed E-state index contributed by atoms with van der Waals surface area (Å²) in [6, 6.07) is 12.6. The van der Waals surface area contributed by atoms with Crippen molar-refractivity contribution < 1.29 is 33.7 Å². The average molecular weight is 551 g/mol. The van der Waals surface area contributed by atoms with E-state index in [-0.39, 0.29) is 27.9 Å². The van der Waals surface area contributed by atoms with Gasteiger partial charge in [0.15, 0.2) is 5.13 Å². The lowest BCUT2D eigenvalue weighted by atomic mass is 9.95. The van der Waals surface area contributed by atoms with E-state index in [4.69, 9.17) is 14.2 Å². The first-order chi connectivity index (χ1) is 18.8. The Morgan fingerprint density at radius 3 is 2.51 bits per heavy atom. The molecule has 0 spiro atoms. The Labute approximate surface area is 230 Å². The number of amides is 1. The molecule has 39 heavy (non-hydrogen) atoms. The first-order valence-corrected chi connectivity index (χ1v) is 13.4. The molecule has 1 N–H and O–H groups in total. The molecule has 4 rings (SSSR count). The van der Waals surface area contributed by atoms with Crippen LogP contribution in [0.1, 0.15) is 59.2 Å². The van der Waals surface area contributed by atoms with E-state index in [1.54, 1.807) is 62.4 Å². The van der Waals surface area contributed by atoms with E-state index in [0.717, 1.165) is 24.2 Å². The molecule has 204 valence electrons. The van der Waals surface area contributed by atoms with Crippen molar-refractivity contribution in [3.8, 4) is 11.5 Å². The van der Waals surface area contributed by atoms with Gasteiger partial charge in [0.2, 0.25) is 0 Å². The number of esters is 1. The van der Waals surface area contributed by atoms with Crippen molar-refractivity contribution in [2.45, 2.75) is 39.7 Å². The monoisotopic (exact) mass is 550 g/mol. The molecule has 1 saturated heterocycles. The second-order valence-electron chi connectivity index (χ2n) is 8.80. The number of thiazole rings is 1. The van der Waals surface area contributed by atoms with Gasteiger partial charge in [0.05, 0.1) is 37.6 Å². The minimum absolute atomic E-state index is 0.0987. The molecule has 0 bridgehead atoms. The van der Waals surface area contributed by atoms with Crippen molar-refractivity contribution >= 4 is 39.9 Å². The van der Waals surface area contributed by atoms with Crippen LogP contribution in [0.15, 0.2) is 54.1 Å². The van der Waals surface area contributed by atoms with Crippen molar-refractivity contribution in [3.05, 3.63) is 75.8 Å². The highest BCUT2D eigenvalue weighted by molar-refractivity contribution is 7.17. The maximum Gasteiger partial charge on any atom is 0.350 e. The third-order valence-corrected chi connectivity index (χ3v) is 7.34. The quantitative estimate of drug-likeness (QED) is 0.117. The molecule has 1 atom stereocenters. The molecule has 2 heterocycles. The van der Waals surface area contributed by atoms with Crippen molar-refractivity contribution in [1.29, 1.82) is 0 Å². The summed E-state index contributed by atoms with van der Waals surface area (Å²) in [5.41, 5.74) is 1.16. The number of anilines is 1. The highest BCUT2D eigenvalue weighted by Crippen LogP contribution is 2.44. The Balaban J connectivity index is 1.85. The highest BCUT2D eigenvalue weighted by atomic mass is 32.1. The number of methoxy groups -OCH3 is 1. The van der Waals surface area contributed by atoms with Crippen LogP contribution in [0.25, 0.3) is 5.76 Å². The topological polar surface area (TPSA) is 115 Å². The molecule has 0 saturated carbocycles. The molecular weight excluding hydrogens is 520 g/mol. The van der Waals surface area contributed by atoms with Crippen LogP contribution in [0.3, 0.4) is 0 Å². The number of aliphatic hydroxyl groups is 1. The van der Waals surface area contributed by atoms with Crippen LogP contribution in [0.2, 0.25) is 0 Å². The number of unbranched alkanes of at least 4 members (excludes halogenated alkanes) is 1. The number of carbonyl (C=O) groups excluding carboxylic acids is 3. The van der Waals surface area contributed by atoms with Crippen LogP contribution in [0.5, 0.6) is 11.5 Å². The third-order valence-electron chi connectivity index (χ3n) is 6.20.